The van der Waals surface area contributed by atoms with E-state index in [-0.39, 0.29) is 4.90 Å². The molecule has 6 nitrogen and oxygen atoms in total. The zero-order valence-corrected chi connectivity index (χ0v) is 21.9. The Labute approximate surface area is 219 Å². The third kappa shape index (κ3) is 6.63. The largest absolute Gasteiger partial charge is 0.297 e. The van der Waals surface area contributed by atoms with Gasteiger partial charge in [-0.3, -0.25) is 19.5 Å². The Morgan fingerprint density at radius 2 is 1.16 bits per heavy atom. The molecule has 5 rings (SSSR count). The Balaban J connectivity index is 1.14. The van der Waals surface area contributed by atoms with Crippen molar-refractivity contribution >= 4 is 15.7 Å². The molecular weight excluding hydrogens is 480 g/mol. The molecule has 0 aliphatic carbocycles. The Hall–Kier alpha value is -3.52. The number of aromatic nitrogens is 1. The topological polar surface area (TPSA) is 65.5 Å². The van der Waals surface area contributed by atoms with Crippen molar-refractivity contribution in [1.82, 2.24) is 14.8 Å². The molecule has 2 heterocycles. The Kier molecular flexibility index (Phi) is 7.65. The van der Waals surface area contributed by atoms with Crippen LogP contribution in [0.15, 0.2) is 102 Å². The molecule has 1 aromatic heterocycles. The fourth-order valence-electron chi connectivity index (χ4n) is 4.57. The lowest BCUT2D eigenvalue weighted by Gasteiger charge is -2.34. The van der Waals surface area contributed by atoms with Gasteiger partial charge in [0.1, 0.15) is 0 Å². The van der Waals surface area contributed by atoms with Crippen molar-refractivity contribution in [1.29, 1.82) is 0 Å². The maximum Gasteiger partial charge on any atom is 0.261 e. The van der Waals surface area contributed by atoms with Crippen LogP contribution in [0.1, 0.15) is 16.7 Å². The highest BCUT2D eigenvalue weighted by Gasteiger charge is 2.17. The van der Waals surface area contributed by atoms with Crippen molar-refractivity contribution in [3.05, 3.63) is 114 Å². The van der Waals surface area contributed by atoms with Crippen molar-refractivity contribution in [3.63, 3.8) is 0 Å². The van der Waals surface area contributed by atoms with Gasteiger partial charge in [0.25, 0.3) is 10.0 Å². The van der Waals surface area contributed by atoms with Gasteiger partial charge in [0, 0.05) is 57.3 Å². The van der Waals surface area contributed by atoms with E-state index in [1.165, 1.54) is 11.1 Å². The van der Waals surface area contributed by atoms with Crippen LogP contribution < -0.4 is 4.72 Å². The average Bonchev–Trinajstić information content (AvgIpc) is 2.91. The summed E-state index contributed by atoms with van der Waals surface area (Å²) in [7, 11) is -3.61. The molecule has 4 aromatic rings. The molecule has 0 saturated carbocycles. The van der Waals surface area contributed by atoms with Crippen LogP contribution in [0, 0.1) is 6.92 Å². The molecule has 7 heteroatoms. The summed E-state index contributed by atoms with van der Waals surface area (Å²) >= 11 is 0. The van der Waals surface area contributed by atoms with Crippen LogP contribution >= 0.6 is 0 Å². The van der Waals surface area contributed by atoms with E-state index in [0.29, 0.717) is 5.69 Å². The molecule has 0 radical (unpaired) electrons. The lowest BCUT2D eigenvalue weighted by molar-refractivity contribution is 0.122. The molecule has 0 bridgehead atoms. The van der Waals surface area contributed by atoms with E-state index in [4.69, 9.17) is 0 Å². The fourth-order valence-corrected chi connectivity index (χ4v) is 5.63. The van der Waals surface area contributed by atoms with Gasteiger partial charge in [-0.15, -0.1) is 0 Å². The highest BCUT2D eigenvalue weighted by Crippen LogP contribution is 2.24. The molecule has 1 saturated heterocycles. The van der Waals surface area contributed by atoms with Crippen LogP contribution in [0.3, 0.4) is 0 Å². The molecule has 190 valence electrons. The van der Waals surface area contributed by atoms with Crippen LogP contribution in [-0.2, 0) is 23.1 Å². The zero-order valence-electron chi connectivity index (χ0n) is 21.0. The van der Waals surface area contributed by atoms with Gasteiger partial charge in [0.05, 0.1) is 4.90 Å². The van der Waals surface area contributed by atoms with Gasteiger partial charge < -0.3 is 0 Å². The highest BCUT2D eigenvalue weighted by molar-refractivity contribution is 7.92. The number of aryl methyl sites for hydroxylation is 1. The number of pyridine rings is 1. The Morgan fingerprint density at radius 1 is 0.676 bits per heavy atom. The summed E-state index contributed by atoms with van der Waals surface area (Å²) in [6, 6.07) is 27.2. The number of nitrogens with one attached hydrogen (secondary N) is 1. The van der Waals surface area contributed by atoms with Gasteiger partial charge in [0.15, 0.2) is 0 Å². The zero-order chi connectivity index (χ0) is 25.7. The minimum absolute atomic E-state index is 0.257. The third-order valence-corrected chi connectivity index (χ3v) is 8.18. The van der Waals surface area contributed by atoms with E-state index in [2.05, 4.69) is 55.9 Å². The molecule has 1 aliphatic rings. The number of piperazine rings is 1. The van der Waals surface area contributed by atoms with Gasteiger partial charge in [-0.2, -0.15) is 0 Å². The van der Waals surface area contributed by atoms with Crippen LogP contribution in [0.25, 0.3) is 11.1 Å². The van der Waals surface area contributed by atoms with Crippen LogP contribution in [0.5, 0.6) is 0 Å². The summed E-state index contributed by atoms with van der Waals surface area (Å²) in [6.45, 7) is 8.13. The summed E-state index contributed by atoms with van der Waals surface area (Å²) in [5.74, 6) is 0. The van der Waals surface area contributed by atoms with Gasteiger partial charge >= 0.3 is 0 Å². The minimum atomic E-state index is -3.61. The molecule has 3 aromatic carbocycles. The number of rotatable bonds is 8. The number of nitrogens with zero attached hydrogens (tertiary/aromatic N) is 3. The third-order valence-electron chi connectivity index (χ3n) is 6.78. The van der Waals surface area contributed by atoms with E-state index in [0.717, 1.165) is 56.0 Å². The molecule has 37 heavy (non-hydrogen) atoms. The summed E-state index contributed by atoms with van der Waals surface area (Å²) in [5, 5.41) is 0. The fraction of sp³-hybridized carbons (Fsp3) is 0.233. The SMILES string of the molecule is Cc1ccc(S(=O)(=O)Nc2ccc(-c3ccc(CN4CCN(Cc5ccncc5)CC4)cc3)cc2)cc1. The van der Waals surface area contributed by atoms with Crippen LogP contribution in [0.4, 0.5) is 5.69 Å². The van der Waals surface area contributed by atoms with E-state index < -0.39 is 10.0 Å². The average molecular weight is 513 g/mol. The first-order valence-electron chi connectivity index (χ1n) is 12.6. The second kappa shape index (κ2) is 11.3. The highest BCUT2D eigenvalue weighted by atomic mass is 32.2. The van der Waals surface area contributed by atoms with Gasteiger partial charge in [-0.25, -0.2) is 8.42 Å². The Bertz CT molecular complexity index is 1400. The van der Waals surface area contributed by atoms with Crippen LogP contribution in [-0.4, -0.2) is 49.4 Å². The number of hydrogen-bond acceptors (Lipinski definition) is 5. The molecular formula is C30H32N4O2S. The van der Waals surface area contributed by atoms with Crippen molar-refractivity contribution in [3.8, 4) is 11.1 Å². The lowest BCUT2D eigenvalue weighted by Crippen LogP contribution is -2.45. The number of hydrogen-bond donors (Lipinski definition) is 1. The number of sulfonamides is 1. The van der Waals surface area contributed by atoms with Crippen LogP contribution in [0.2, 0.25) is 0 Å². The maximum absolute atomic E-state index is 12.6. The van der Waals surface area contributed by atoms with Gasteiger partial charge in [-0.1, -0.05) is 54.1 Å². The van der Waals surface area contributed by atoms with Crippen molar-refractivity contribution < 1.29 is 8.42 Å². The second-order valence-electron chi connectivity index (χ2n) is 9.60. The summed E-state index contributed by atoms with van der Waals surface area (Å²) in [6.07, 6.45) is 3.72. The summed E-state index contributed by atoms with van der Waals surface area (Å²) in [5.41, 5.74) is 6.34. The first-order chi connectivity index (χ1) is 17.9. The molecule has 0 spiro atoms. The minimum Gasteiger partial charge on any atom is -0.297 e. The quantitative estimate of drug-likeness (QED) is 0.353. The van der Waals surface area contributed by atoms with Crippen molar-refractivity contribution in [2.45, 2.75) is 24.9 Å². The molecule has 1 aliphatic heterocycles. The molecule has 0 atom stereocenters. The van der Waals surface area contributed by atoms with E-state index in [1.807, 2.05) is 31.5 Å². The van der Waals surface area contributed by atoms with Crippen molar-refractivity contribution in [2.75, 3.05) is 30.9 Å². The smallest absolute Gasteiger partial charge is 0.261 e. The first kappa shape index (κ1) is 25.1. The standard InChI is InChI=1S/C30H32N4O2S/c1-24-2-12-30(13-3-24)37(35,36)32-29-10-8-28(9-11-29)27-6-4-25(5-7-27)22-33-18-20-34(21-19-33)23-26-14-16-31-17-15-26/h2-17,32H,18-23H2,1H3. The normalized spacial score (nSPS) is 14.9. The maximum atomic E-state index is 12.6. The van der Waals surface area contributed by atoms with E-state index >= 15 is 0 Å². The molecule has 1 N–H and O–H groups in total. The number of anilines is 1. The first-order valence-corrected chi connectivity index (χ1v) is 14.1. The second-order valence-corrected chi connectivity index (χ2v) is 11.3. The number of benzene rings is 3. The summed E-state index contributed by atoms with van der Waals surface area (Å²) in [4.78, 5) is 9.36. The van der Waals surface area contributed by atoms with Crippen molar-refractivity contribution in [2.24, 2.45) is 0 Å². The van der Waals surface area contributed by atoms with E-state index in [9.17, 15) is 8.42 Å². The molecule has 1 fully saturated rings. The predicted octanol–water partition coefficient (Wildman–Crippen LogP) is 5.18. The molecule has 0 amide bonds. The monoisotopic (exact) mass is 512 g/mol. The predicted molar refractivity (Wildman–Crippen MR) is 149 cm³/mol. The lowest BCUT2D eigenvalue weighted by atomic mass is 10.0. The summed E-state index contributed by atoms with van der Waals surface area (Å²) < 4.78 is 28.0. The van der Waals surface area contributed by atoms with Gasteiger partial charge in [0.2, 0.25) is 0 Å². The molecule has 0 unspecified atom stereocenters. The Morgan fingerprint density at radius 3 is 1.70 bits per heavy atom. The van der Waals surface area contributed by atoms with Gasteiger partial charge in [-0.05, 0) is 65.6 Å². The van der Waals surface area contributed by atoms with E-state index in [1.54, 1.807) is 36.4 Å².